The summed E-state index contributed by atoms with van der Waals surface area (Å²) in [5.41, 5.74) is 6.97. The minimum atomic E-state index is -0.754. The first-order valence-electron chi connectivity index (χ1n) is 5.97. The molecule has 0 unspecified atom stereocenters. The summed E-state index contributed by atoms with van der Waals surface area (Å²) in [6, 6.07) is 4.13. The zero-order valence-electron chi connectivity index (χ0n) is 11.1. The van der Waals surface area contributed by atoms with Crippen LogP contribution in [-0.4, -0.2) is 26.8 Å². The second kappa shape index (κ2) is 5.47. The van der Waals surface area contributed by atoms with Crippen molar-refractivity contribution < 1.29 is 13.9 Å². The van der Waals surface area contributed by atoms with Gasteiger partial charge in [0.2, 0.25) is 0 Å². The summed E-state index contributed by atoms with van der Waals surface area (Å²) in [4.78, 5) is 15.7. The lowest BCUT2D eigenvalue weighted by atomic mass is 10.1. The van der Waals surface area contributed by atoms with Gasteiger partial charge in [-0.2, -0.15) is 8.75 Å². The van der Waals surface area contributed by atoms with E-state index in [1.165, 1.54) is 25.3 Å². The summed E-state index contributed by atoms with van der Waals surface area (Å²) < 4.78 is 26.8. The predicted molar refractivity (Wildman–Crippen MR) is 81.4 cm³/mol. The van der Waals surface area contributed by atoms with Crippen molar-refractivity contribution in [2.45, 2.75) is 0 Å². The Kier molecular flexibility index (Phi) is 3.63. The summed E-state index contributed by atoms with van der Waals surface area (Å²) in [6.45, 7) is 0. The number of nitrogens with zero attached hydrogens (tertiary/aromatic N) is 3. The van der Waals surface area contributed by atoms with Gasteiger partial charge < -0.3 is 10.5 Å². The van der Waals surface area contributed by atoms with Crippen LogP contribution in [0.5, 0.6) is 0 Å². The molecular weight excluding hydrogens is 331 g/mol. The van der Waals surface area contributed by atoms with Crippen LogP contribution < -0.4 is 5.73 Å². The number of rotatable bonds is 2. The highest BCUT2D eigenvalue weighted by molar-refractivity contribution is 7.00. The van der Waals surface area contributed by atoms with Gasteiger partial charge in [-0.1, -0.05) is 11.6 Å². The minimum Gasteiger partial charge on any atom is -0.464 e. The lowest BCUT2D eigenvalue weighted by Crippen LogP contribution is -2.08. The molecule has 2 heterocycles. The highest BCUT2D eigenvalue weighted by atomic mass is 35.5. The number of ether oxygens (including phenoxy) is 1. The lowest BCUT2D eigenvalue weighted by molar-refractivity contribution is 0.0594. The molecule has 1 aromatic carbocycles. The van der Waals surface area contributed by atoms with E-state index in [-0.39, 0.29) is 27.7 Å². The van der Waals surface area contributed by atoms with Crippen LogP contribution in [0.3, 0.4) is 0 Å². The summed E-state index contributed by atoms with van der Waals surface area (Å²) in [5.74, 6) is -1.31. The van der Waals surface area contributed by atoms with E-state index in [1.54, 1.807) is 0 Å². The van der Waals surface area contributed by atoms with E-state index in [9.17, 15) is 9.18 Å². The lowest BCUT2D eigenvalue weighted by Gasteiger charge is -2.09. The maximum atomic E-state index is 14.2. The molecule has 3 aromatic rings. The van der Waals surface area contributed by atoms with Crippen LogP contribution in [0.1, 0.15) is 10.5 Å². The molecule has 0 saturated carbocycles. The van der Waals surface area contributed by atoms with Gasteiger partial charge in [-0.25, -0.2) is 14.2 Å². The van der Waals surface area contributed by atoms with Gasteiger partial charge in [0.1, 0.15) is 16.9 Å². The molecule has 0 radical (unpaired) electrons. The molecule has 0 fully saturated rings. The summed E-state index contributed by atoms with van der Waals surface area (Å²) in [6.07, 6.45) is 0. The van der Waals surface area contributed by atoms with Crippen LogP contribution in [0.15, 0.2) is 18.2 Å². The fourth-order valence-electron chi connectivity index (χ4n) is 1.92. The zero-order valence-corrected chi connectivity index (χ0v) is 12.7. The van der Waals surface area contributed by atoms with E-state index in [1.807, 2.05) is 0 Å². The van der Waals surface area contributed by atoms with E-state index < -0.39 is 11.8 Å². The average molecular weight is 339 g/mol. The fourth-order valence-corrected chi connectivity index (χ4v) is 2.60. The first kappa shape index (κ1) is 14.6. The Morgan fingerprint density at radius 1 is 1.32 bits per heavy atom. The topological polar surface area (TPSA) is 91.0 Å². The highest BCUT2D eigenvalue weighted by Crippen LogP contribution is 2.31. The number of halogens is 2. The second-order valence-corrected chi connectivity index (χ2v) is 5.24. The molecule has 0 saturated heterocycles. The van der Waals surface area contributed by atoms with Crippen LogP contribution in [0.25, 0.3) is 22.3 Å². The third-order valence-corrected chi connectivity index (χ3v) is 3.94. The second-order valence-electron chi connectivity index (χ2n) is 4.34. The van der Waals surface area contributed by atoms with Crippen molar-refractivity contribution in [3.63, 3.8) is 0 Å². The van der Waals surface area contributed by atoms with Crippen LogP contribution >= 0.6 is 23.3 Å². The number of carbonyl (C=O) groups is 1. The number of nitrogen functional groups attached to an aromatic ring is 1. The highest BCUT2D eigenvalue weighted by Gasteiger charge is 2.19. The van der Waals surface area contributed by atoms with Crippen molar-refractivity contribution in [3.8, 4) is 11.3 Å². The molecule has 112 valence electrons. The molecule has 0 aliphatic carbocycles. The molecule has 2 N–H and O–H groups in total. The first-order chi connectivity index (χ1) is 10.5. The van der Waals surface area contributed by atoms with Crippen LogP contribution in [0.4, 0.5) is 10.1 Å². The zero-order chi connectivity index (χ0) is 15.9. The molecule has 22 heavy (non-hydrogen) atoms. The number of aromatic nitrogens is 3. The average Bonchev–Trinajstić information content (AvgIpc) is 2.95. The van der Waals surface area contributed by atoms with E-state index in [0.29, 0.717) is 11.0 Å². The van der Waals surface area contributed by atoms with Crippen molar-refractivity contribution in [1.29, 1.82) is 0 Å². The number of hydrogen-bond donors (Lipinski definition) is 1. The Bertz CT molecular complexity index is 899. The van der Waals surface area contributed by atoms with Crippen molar-refractivity contribution in [3.05, 3.63) is 34.7 Å². The van der Waals surface area contributed by atoms with Crippen LogP contribution in [0.2, 0.25) is 5.02 Å². The molecule has 6 nitrogen and oxygen atoms in total. The van der Waals surface area contributed by atoms with Crippen molar-refractivity contribution >= 4 is 46.0 Å². The maximum Gasteiger partial charge on any atom is 0.358 e. The minimum absolute atomic E-state index is 0.0348. The molecule has 0 spiro atoms. The smallest absolute Gasteiger partial charge is 0.358 e. The maximum absolute atomic E-state index is 14.2. The number of benzene rings is 1. The number of esters is 1. The Hall–Kier alpha value is -2.32. The Balaban J connectivity index is 2.23. The van der Waals surface area contributed by atoms with Crippen molar-refractivity contribution in [2.24, 2.45) is 0 Å². The Labute approximate surface area is 133 Å². The van der Waals surface area contributed by atoms with Gasteiger partial charge in [0.25, 0.3) is 0 Å². The molecule has 9 heteroatoms. The van der Waals surface area contributed by atoms with Gasteiger partial charge >= 0.3 is 5.97 Å². The SMILES string of the molecule is COC(=O)c1nc(-c2cc3nsnc3cc2F)cc(N)c1Cl. The molecule has 3 rings (SSSR count). The quantitative estimate of drug-likeness (QED) is 0.722. The van der Waals surface area contributed by atoms with Gasteiger partial charge in [0, 0.05) is 11.6 Å². The monoisotopic (exact) mass is 338 g/mol. The standard InChI is InChI=1S/C13H8ClFN4O2S/c1-21-13(20)12-11(14)7(16)4-8(17-12)5-2-9-10(3-6(5)15)19-22-18-9/h2-4H,1H3,(H2,16,17). The molecule has 0 amide bonds. The Morgan fingerprint density at radius 3 is 2.68 bits per heavy atom. The molecular formula is C13H8ClFN4O2S. The van der Waals surface area contributed by atoms with Gasteiger partial charge in [0.15, 0.2) is 5.69 Å². The van der Waals surface area contributed by atoms with Gasteiger partial charge in [-0.05, 0) is 12.1 Å². The molecule has 0 aliphatic rings. The number of carbonyl (C=O) groups excluding carboxylic acids is 1. The van der Waals surface area contributed by atoms with E-state index >= 15 is 0 Å². The van der Waals surface area contributed by atoms with E-state index in [4.69, 9.17) is 17.3 Å². The molecule has 2 aromatic heterocycles. The van der Waals surface area contributed by atoms with Crippen LogP contribution in [-0.2, 0) is 4.74 Å². The number of hydrogen-bond acceptors (Lipinski definition) is 7. The molecule has 0 bridgehead atoms. The summed E-state index contributed by atoms with van der Waals surface area (Å²) in [7, 11) is 1.19. The fraction of sp³-hybridized carbons (Fsp3) is 0.0769. The van der Waals surface area contributed by atoms with Gasteiger partial charge in [-0.15, -0.1) is 0 Å². The predicted octanol–water partition coefficient (Wildman–Crippen LogP) is 2.91. The van der Waals surface area contributed by atoms with E-state index in [2.05, 4.69) is 18.5 Å². The van der Waals surface area contributed by atoms with Crippen LogP contribution in [0, 0.1) is 5.82 Å². The number of pyridine rings is 1. The third kappa shape index (κ3) is 2.36. The number of anilines is 1. The van der Waals surface area contributed by atoms with Gasteiger partial charge in [0.05, 0.1) is 35.2 Å². The molecule has 0 aliphatic heterocycles. The summed E-state index contributed by atoms with van der Waals surface area (Å²) in [5, 5.41) is -0.0348. The van der Waals surface area contributed by atoms with Crippen molar-refractivity contribution in [1.82, 2.24) is 13.7 Å². The number of fused-ring (bicyclic) bond motifs is 1. The Morgan fingerprint density at radius 2 is 2.00 bits per heavy atom. The first-order valence-corrected chi connectivity index (χ1v) is 7.08. The number of methoxy groups -OCH3 is 1. The van der Waals surface area contributed by atoms with Gasteiger partial charge in [-0.3, -0.25) is 0 Å². The third-order valence-electron chi connectivity index (χ3n) is 2.98. The largest absolute Gasteiger partial charge is 0.464 e. The van der Waals surface area contributed by atoms with Crippen molar-refractivity contribution in [2.75, 3.05) is 12.8 Å². The van der Waals surface area contributed by atoms with E-state index in [0.717, 1.165) is 11.7 Å². The summed E-state index contributed by atoms with van der Waals surface area (Å²) >= 11 is 6.92. The number of nitrogens with two attached hydrogens (primary N) is 1. The normalized spacial score (nSPS) is 10.9. The molecule has 0 atom stereocenters.